The quantitative estimate of drug-likeness (QED) is 0.553. The summed E-state index contributed by atoms with van der Waals surface area (Å²) in [6.07, 6.45) is 1.63. The Balaban J connectivity index is 1.67. The van der Waals surface area contributed by atoms with Crippen molar-refractivity contribution in [3.8, 4) is 0 Å². The SMILES string of the molecule is CC(C)(C)c1ccc(/C=N\NC(=O)c2ccc3nc(N)sc3c2)cc1. The lowest BCUT2D eigenvalue weighted by molar-refractivity contribution is 0.0955. The lowest BCUT2D eigenvalue weighted by Gasteiger charge is -2.18. The van der Waals surface area contributed by atoms with Gasteiger partial charge in [0.2, 0.25) is 0 Å². The fraction of sp³-hybridized carbons (Fsp3) is 0.211. The van der Waals surface area contributed by atoms with Gasteiger partial charge in [0.15, 0.2) is 5.13 Å². The van der Waals surface area contributed by atoms with Crippen LogP contribution in [0.25, 0.3) is 10.2 Å². The van der Waals surface area contributed by atoms with Crippen molar-refractivity contribution in [3.63, 3.8) is 0 Å². The molecule has 0 spiro atoms. The molecule has 2 aromatic carbocycles. The Bertz CT molecular complexity index is 936. The monoisotopic (exact) mass is 352 g/mol. The van der Waals surface area contributed by atoms with Crippen molar-refractivity contribution in [1.82, 2.24) is 10.4 Å². The number of carbonyl (C=O) groups excluding carboxylic acids is 1. The van der Waals surface area contributed by atoms with Crippen LogP contribution in [0.5, 0.6) is 0 Å². The van der Waals surface area contributed by atoms with Crippen LogP contribution in [-0.4, -0.2) is 17.1 Å². The number of hydrogen-bond acceptors (Lipinski definition) is 5. The second-order valence-corrected chi connectivity index (χ2v) is 7.87. The average molecular weight is 352 g/mol. The summed E-state index contributed by atoms with van der Waals surface area (Å²) in [5.41, 5.74) is 11.8. The maximum atomic E-state index is 12.2. The molecule has 1 heterocycles. The van der Waals surface area contributed by atoms with Gasteiger partial charge in [-0.1, -0.05) is 56.4 Å². The van der Waals surface area contributed by atoms with E-state index in [0.717, 1.165) is 15.8 Å². The predicted octanol–water partition coefficient (Wildman–Crippen LogP) is 3.94. The third kappa shape index (κ3) is 4.03. The highest BCUT2D eigenvalue weighted by atomic mass is 32.1. The topological polar surface area (TPSA) is 80.4 Å². The molecule has 3 N–H and O–H groups in total. The van der Waals surface area contributed by atoms with E-state index in [4.69, 9.17) is 5.73 Å². The minimum absolute atomic E-state index is 0.114. The van der Waals surface area contributed by atoms with Crippen LogP contribution < -0.4 is 11.2 Å². The molecule has 3 rings (SSSR count). The molecule has 0 fully saturated rings. The van der Waals surface area contributed by atoms with E-state index in [1.54, 1.807) is 24.4 Å². The molecule has 1 aromatic heterocycles. The molecular weight excluding hydrogens is 332 g/mol. The zero-order valence-electron chi connectivity index (χ0n) is 14.4. The number of nitrogens with zero attached hydrogens (tertiary/aromatic N) is 2. The highest BCUT2D eigenvalue weighted by Crippen LogP contribution is 2.24. The first kappa shape index (κ1) is 17.1. The minimum atomic E-state index is -0.267. The molecular formula is C19H20N4OS. The zero-order valence-corrected chi connectivity index (χ0v) is 15.2. The lowest BCUT2D eigenvalue weighted by Crippen LogP contribution is -2.17. The minimum Gasteiger partial charge on any atom is -0.375 e. The summed E-state index contributed by atoms with van der Waals surface area (Å²) in [7, 11) is 0. The van der Waals surface area contributed by atoms with Gasteiger partial charge in [-0.15, -0.1) is 0 Å². The number of nitrogen functional groups attached to an aromatic ring is 1. The molecule has 128 valence electrons. The number of thiazole rings is 1. The van der Waals surface area contributed by atoms with Gasteiger partial charge in [-0.05, 0) is 34.7 Å². The van der Waals surface area contributed by atoms with E-state index >= 15 is 0 Å². The van der Waals surface area contributed by atoms with Crippen molar-refractivity contribution in [2.45, 2.75) is 26.2 Å². The summed E-state index contributed by atoms with van der Waals surface area (Å²) >= 11 is 1.36. The Hall–Kier alpha value is -2.73. The number of carbonyl (C=O) groups is 1. The van der Waals surface area contributed by atoms with Gasteiger partial charge in [-0.25, -0.2) is 10.4 Å². The number of hydrazone groups is 1. The van der Waals surface area contributed by atoms with Gasteiger partial charge < -0.3 is 5.73 Å². The molecule has 1 amide bonds. The van der Waals surface area contributed by atoms with Crippen LogP contribution in [0, 0.1) is 0 Å². The fourth-order valence-electron chi connectivity index (χ4n) is 2.38. The van der Waals surface area contributed by atoms with Crippen LogP contribution >= 0.6 is 11.3 Å². The first-order valence-corrected chi connectivity index (χ1v) is 8.74. The second-order valence-electron chi connectivity index (χ2n) is 6.81. The zero-order chi connectivity index (χ0) is 18.0. The van der Waals surface area contributed by atoms with Gasteiger partial charge in [0.25, 0.3) is 5.91 Å². The Morgan fingerprint density at radius 1 is 1.20 bits per heavy atom. The summed E-state index contributed by atoms with van der Waals surface area (Å²) < 4.78 is 0.881. The number of aromatic nitrogens is 1. The maximum absolute atomic E-state index is 12.2. The van der Waals surface area contributed by atoms with Crippen molar-refractivity contribution in [2.24, 2.45) is 5.10 Å². The summed E-state index contributed by atoms with van der Waals surface area (Å²) in [6, 6.07) is 13.4. The van der Waals surface area contributed by atoms with E-state index in [0.29, 0.717) is 10.7 Å². The van der Waals surface area contributed by atoms with E-state index < -0.39 is 0 Å². The number of amides is 1. The lowest BCUT2D eigenvalue weighted by atomic mass is 9.87. The molecule has 0 bridgehead atoms. The Kier molecular flexibility index (Phi) is 4.55. The normalized spacial score (nSPS) is 12.0. The summed E-state index contributed by atoms with van der Waals surface area (Å²) in [4.78, 5) is 16.4. The predicted molar refractivity (Wildman–Crippen MR) is 104 cm³/mol. The molecule has 0 atom stereocenters. The van der Waals surface area contributed by atoms with Crippen LogP contribution in [-0.2, 0) is 5.41 Å². The van der Waals surface area contributed by atoms with E-state index in [2.05, 4.69) is 48.4 Å². The molecule has 0 saturated carbocycles. The summed E-state index contributed by atoms with van der Waals surface area (Å²) in [6.45, 7) is 6.51. The Morgan fingerprint density at radius 2 is 1.92 bits per heavy atom. The second kappa shape index (κ2) is 6.64. The Labute approximate surface area is 150 Å². The van der Waals surface area contributed by atoms with Gasteiger partial charge in [0.05, 0.1) is 16.4 Å². The van der Waals surface area contributed by atoms with Crippen LogP contribution in [0.1, 0.15) is 42.3 Å². The number of nitrogens with one attached hydrogen (secondary N) is 1. The number of benzene rings is 2. The summed E-state index contributed by atoms with van der Waals surface area (Å²) in [5.74, 6) is -0.267. The molecule has 0 aliphatic heterocycles. The molecule has 0 saturated heterocycles. The molecule has 0 aliphatic carbocycles. The van der Waals surface area contributed by atoms with Gasteiger partial charge in [-0.3, -0.25) is 4.79 Å². The molecule has 0 aliphatic rings. The summed E-state index contributed by atoms with van der Waals surface area (Å²) in [5, 5.41) is 4.52. The van der Waals surface area contributed by atoms with Gasteiger partial charge in [-0.2, -0.15) is 5.10 Å². The molecule has 5 nitrogen and oxygen atoms in total. The van der Waals surface area contributed by atoms with Crippen molar-refractivity contribution >= 4 is 38.8 Å². The number of nitrogens with two attached hydrogens (primary N) is 1. The number of rotatable bonds is 3. The van der Waals surface area contributed by atoms with Crippen molar-refractivity contribution in [1.29, 1.82) is 0 Å². The fourth-order valence-corrected chi connectivity index (χ4v) is 3.16. The standard InChI is InChI=1S/C19H20N4OS/c1-19(2,3)14-7-4-12(5-8-14)11-21-23-17(24)13-6-9-15-16(10-13)25-18(20)22-15/h4-11H,1-3H3,(H2,20,22)(H,23,24)/b21-11-. The van der Waals surface area contributed by atoms with Crippen molar-refractivity contribution < 1.29 is 4.79 Å². The highest BCUT2D eigenvalue weighted by molar-refractivity contribution is 7.22. The van der Waals surface area contributed by atoms with Crippen LogP contribution in [0.2, 0.25) is 0 Å². The first-order chi connectivity index (χ1) is 11.8. The molecule has 0 unspecified atom stereocenters. The van der Waals surface area contributed by atoms with Gasteiger partial charge in [0, 0.05) is 5.56 Å². The first-order valence-electron chi connectivity index (χ1n) is 7.93. The maximum Gasteiger partial charge on any atom is 0.271 e. The number of hydrogen-bond donors (Lipinski definition) is 2. The van der Waals surface area contributed by atoms with Gasteiger partial charge >= 0.3 is 0 Å². The van der Waals surface area contributed by atoms with Crippen LogP contribution in [0.15, 0.2) is 47.6 Å². The van der Waals surface area contributed by atoms with Crippen molar-refractivity contribution in [2.75, 3.05) is 5.73 Å². The smallest absolute Gasteiger partial charge is 0.271 e. The largest absolute Gasteiger partial charge is 0.375 e. The van der Waals surface area contributed by atoms with E-state index in [1.807, 2.05) is 12.1 Å². The molecule has 25 heavy (non-hydrogen) atoms. The van der Waals surface area contributed by atoms with E-state index in [1.165, 1.54) is 16.9 Å². The van der Waals surface area contributed by atoms with Crippen LogP contribution in [0.3, 0.4) is 0 Å². The number of anilines is 1. The van der Waals surface area contributed by atoms with Crippen LogP contribution in [0.4, 0.5) is 5.13 Å². The Morgan fingerprint density at radius 3 is 2.60 bits per heavy atom. The molecule has 6 heteroatoms. The third-order valence-corrected chi connectivity index (χ3v) is 4.67. The van der Waals surface area contributed by atoms with Gasteiger partial charge in [0.1, 0.15) is 0 Å². The van der Waals surface area contributed by atoms with Crippen molar-refractivity contribution in [3.05, 3.63) is 59.2 Å². The highest BCUT2D eigenvalue weighted by Gasteiger charge is 2.12. The third-order valence-electron chi connectivity index (χ3n) is 3.82. The average Bonchev–Trinajstić information content (AvgIpc) is 2.93. The van der Waals surface area contributed by atoms with E-state index in [9.17, 15) is 4.79 Å². The van der Waals surface area contributed by atoms with E-state index in [-0.39, 0.29) is 11.3 Å². The molecule has 3 aromatic rings. The molecule has 0 radical (unpaired) electrons. The number of fused-ring (bicyclic) bond motifs is 1.